The van der Waals surface area contributed by atoms with Gasteiger partial charge in [0.05, 0.1) is 10.5 Å². The lowest BCUT2D eigenvalue weighted by Gasteiger charge is -2.44. The van der Waals surface area contributed by atoms with Gasteiger partial charge in [0.1, 0.15) is 24.2 Å². The Morgan fingerprint density at radius 1 is 0.941 bits per heavy atom. The molecule has 5 atom stereocenters. The van der Waals surface area contributed by atoms with Gasteiger partial charge >= 0.3 is 17.9 Å². The summed E-state index contributed by atoms with van der Waals surface area (Å²) in [6.07, 6.45) is -3.18. The molecule has 11 heteroatoms. The molecular weight excluding hydrogens is 464 g/mol. The Kier molecular flexibility index (Phi) is 8.46. The molecule has 1 aromatic heterocycles. The summed E-state index contributed by atoms with van der Waals surface area (Å²) in [5, 5.41) is 4.29. The minimum absolute atomic E-state index is 0.250. The standard InChI is InChI=1S/C23H26N2O8S/c1-12(26)24-20-22(32-15(4)29)21(31-14(3)28)18(11-30-13(2)27)33-23(20)34-19-10-9-16-7-5-6-8-17(16)25-19/h5-10,18,20-23H,11H2,1-4H3,(H,24,26)/t18-,20-,21-,22-,23+/m1/s1. The maximum Gasteiger partial charge on any atom is 0.303 e. The summed E-state index contributed by atoms with van der Waals surface area (Å²) >= 11 is 1.20. The van der Waals surface area contributed by atoms with Gasteiger partial charge in [-0.1, -0.05) is 36.0 Å². The Morgan fingerprint density at radius 3 is 2.26 bits per heavy atom. The van der Waals surface area contributed by atoms with Crippen molar-refractivity contribution in [1.29, 1.82) is 0 Å². The highest BCUT2D eigenvalue weighted by atomic mass is 32.2. The summed E-state index contributed by atoms with van der Waals surface area (Å²) in [6.45, 7) is 4.70. The van der Waals surface area contributed by atoms with E-state index in [1.54, 1.807) is 6.07 Å². The number of nitrogens with one attached hydrogen (secondary N) is 1. The molecule has 2 aromatic rings. The zero-order chi connectivity index (χ0) is 24.8. The van der Waals surface area contributed by atoms with Crippen molar-refractivity contribution in [2.45, 2.75) is 62.5 Å². The molecular formula is C23H26N2O8S. The number of aromatic nitrogens is 1. The molecule has 182 valence electrons. The number of carbonyl (C=O) groups excluding carboxylic acids is 4. The summed E-state index contributed by atoms with van der Waals surface area (Å²) in [7, 11) is 0. The average molecular weight is 491 g/mol. The molecule has 2 heterocycles. The van der Waals surface area contributed by atoms with E-state index in [2.05, 4.69) is 10.3 Å². The molecule has 1 amide bonds. The maximum absolute atomic E-state index is 12.0. The van der Waals surface area contributed by atoms with E-state index in [4.69, 9.17) is 18.9 Å². The minimum atomic E-state index is -1.13. The van der Waals surface area contributed by atoms with Crippen LogP contribution in [0.2, 0.25) is 0 Å². The molecule has 1 saturated heterocycles. The number of hydrogen-bond acceptors (Lipinski definition) is 10. The Balaban J connectivity index is 1.98. The molecule has 1 aliphatic rings. The van der Waals surface area contributed by atoms with Crippen LogP contribution in [-0.4, -0.2) is 65.2 Å². The number of amides is 1. The fourth-order valence-electron chi connectivity index (χ4n) is 3.62. The van der Waals surface area contributed by atoms with Gasteiger partial charge in [-0.25, -0.2) is 4.98 Å². The molecule has 10 nitrogen and oxygen atoms in total. The molecule has 1 N–H and O–H groups in total. The van der Waals surface area contributed by atoms with Gasteiger partial charge in [0.2, 0.25) is 5.91 Å². The van der Waals surface area contributed by atoms with Gasteiger partial charge in [-0.05, 0) is 12.1 Å². The van der Waals surface area contributed by atoms with Gasteiger partial charge in [0, 0.05) is 33.1 Å². The van der Waals surface area contributed by atoms with E-state index < -0.39 is 53.6 Å². The average Bonchev–Trinajstić information content (AvgIpc) is 2.75. The summed E-state index contributed by atoms with van der Waals surface area (Å²) in [4.78, 5) is 51.9. The third-order valence-corrected chi connectivity index (χ3v) is 5.99. The van der Waals surface area contributed by atoms with Gasteiger partial charge in [-0.3, -0.25) is 19.2 Å². The number of nitrogens with zero attached hydrogens (tertiary/aromatic N) is 1. The molecule has 1 fully saturated rings. The van der Waals surface area contributed by atoms with E-state index >= 15 is 0 Å². The lowest BCUT2D eigenvalue weighted by molar-refractivity contribution is -0.211. The molecule has 3 rings (SSSR count). The highest BCUT2D eigenvalue weighted by molar-refractivity contribution is 7.99. The first-order valence-electron chi connectivity index (χ1n) is 10.6. The van der Waals surface area contributed by atoms with Crippen LogP contribution >= 0.6 is 11.8 Å². The van der Waals surface area contributed by atoms with Crippen molar-refractivity contribution in [3.63, 3.8) is 0 Å². The van der Waals surface area contributed by atoms with Crippen LogP contribution in [0.3, 0.4) is 0 Å². The molecule has 0 spiro atoms. The van der Waals surface area contributed by atoms with E-state index in [9.17, 15) is 19.2 Å². The third kappa shape index (κ3) is 6.67. The summed E-state index contributed by atoms with van der Waals surface area (Å²) in [5.74, 6) is -2.25. The summed E-state index contributed by atoms with van der Waals surface area (Å²) in [6, 6.07) is 10.4. The van der Waals surface area contributed by atoms with Crippen molar-refractivity contribution < 1.29 is 38.1 Å². The first-order chi connectivity index (χ1) is 16.1. The van der Waals surface area contributed by atoms with Crippen LogP contribution in [0.4, 0.5) is 0 Å². The molecule has 0 bridgehead atoms. The molecule has 34 heavy (non-hydrogen) atoms. The second kappa shape index (κ2) is 11.3. The second-order valence-electron chi connectivity index (χ2n) is 7.68. The number of thioether (sulfide) groups is 1. The third-order valence-electron chi connectivity index (χ3n) is 4.88. The van der Waals surface area contributed by atoms with Crippen molar-refractivity contribution in [2.24, 2.45) is 0 Å². The maximum atomic E-state index is 12.0. The van der Waals surface area contributed by atoms with E-state index in [0.717, 1.165) is 10.9 Å². The predicted molar refractivity (Wildman–Crippen MR) is 122 cm³/mol. The van der Waals surface area contributed by atoms with Gasteiger partial charge in [-0.15, -0.1) is 0 Å². The first-order valence-corrected chi connectivity index (χ1v) is 11.4. The summed E-state index contributed by atoms with van der Waals surface area (Å²) < 4.78 is 22.2. The number of benzene rings is 1. The SMILES string of the molecule is CC(=O)N[C@@H]1[C@@H](OC(C)=O)[C@H](OC(C)=O)[C@@H](COC(C)=O)O[C@H]1Sc1ccc2ccccc2n1. The monoisotopic (exact) mass is 490 g/mol. The molecule has 0 aliphatic carbocycles. The zero-order valence-electron chi connectivity index (χ0n) is 19.2. The van der Waals surface area contributed by atoms with Crippen LogP contribution in [0.1, 0.15) is 27.7 Å². The van der Waals surface area contributed by atoms with Crippen molar-refractivity contribution in [3.8, 4) is 0 Å². The van der Waals surface area contributed by atoms with E-state index in [0.29, 0.717) is 5.03 Å². The minimum Gasteiger partial charge on any atom is -0.463 e. The smallest absolute Gasteiger partial charge is 0.303 e. The lowest BCUT2D eigenvalue weighted by Crippen LogP contribution is -2.65. The molecule has 1 aliphatic heterocycles. The highest BCUT2D eigenvalue weighted by Gasteiger charge is 2.51. The number of ether oxygens (including phenoxy) is 4. The predicted octanol–water partition coefficient (Wildman–Crippen LogP) is 1.98. The number of pyridine rings is 1. The Labute approximate surface area is 200 Å². The van der Waals surface area contributed by atoms with Crippen molar-refractivity contribution >= 4 is 46.5 Å². The van der Waals surface area contributed by atoms with Crippen molar-refractivity contribution in [2.75, 3.05) is 6.61 Å². The molecule has 0 saturated carbocycles. The van der Waals surface area contributed by atoms with Crippen LogP contribution in [0.15, 0.2) is 41.4 Å². The molecule has 0 unspecified atom stereocenters. The highest BCUT2D eigenvalue weighted by Crippen LogP contribution is 2.36. The summed E-state index contributed by atoms with van der Waals surface area (Å²) in [5.41, 5.74) is -0.0422. The van der Waals surface area contributed by atoms with Crippen molar-refractivity contribution in [3.05, 3.63) is 36.4 Å². The largest absolute Gasteiger partial charge is 0.463 e. The number of para-hydroxylation sites is 1. The van der Waals surface area contributed by atoms with Gasteiger partial charge < -0.3 is 24.3 Å². The molecule has 0 radical (unpaired) electrons. The number of rotatable bonds is 7. The Bertz CT molecular complexity index is 1080. The van der Waals surface area contributed by atoms with Crippen LogP contribution in [0.25, 0.3) is 10.9 Å². The topological polar surface area (TPSA) is 130 Å². The number of carbonyl (C=O) groups is 4. The lowest BCUT2D eigenvalue weighted by atomic mass is 9.97. The van der Waals surface area contributed by atoms with E-state index in [1.165, 1.54) is 39.5 Å². The van der Waals surface area contributed by atoms with E-state index in [1.807, 2.05) is 30.3 Å². The Hall–Kier alpha value is -3.18. The second-order valence-corrected chi connectivity index (χ2v) is 8.80. The quantitative estimate of drug-likeness (QED) is 0.454. The number of esters is 3. The first kappa shape index (κ1) is 25.4. The zero-order valence-corrected chi connectivity index (χ0v) is 20.0. The Morgan fingerprint density at radius 2 is 1.62 bits per heavy atom. The molecule has 1 aromatic carbocycles. The number of hydrogen-bond donors (Lipinski definition) is 1. The van der Waals surface area contributed by atoms with Crippen molar-refractivity contribution in [1.82, 2.24) is 10.3 Å². The van der Waals surface area contributed by atoms with E-state index in [-0.39, 0.29) is 6.61 Å². The van der Waals surface area contributed by atoms with Gasteiger partial charge in [0.15, 0.2) is 12.2 Å². The van der Waals surface area contributed by atoms with Crippen LogP contribution in [0, 0.1) is 0 Å². The van der Waals surface area contributed by atoms with Crippen LogP contribution in [0.5, 0.6) is 0 Å². The van der Waals surface area contributed by atoms with Gasteiger partial charge in [0.25, 0.3) is 0 Å². The fraction of sp³-hybridized carbons (Fsp3) is 0.435. The fourth-order valence-corrected chi connectivity index (χ4v) is 4.73. The normalized spacial score (nSPS) is 24.2. The van der Waals surface area contributed by atoms with Gasteiger partial charge in [-0.2, -0.15) is 0 Å². The van der Waals surface area contributed by atoms with Crippen LogP contribution in [-0.2, 0) is 38.1 Å². The van der Waals surface area contributed by atoms with Crippen LogP contribution < -0.4 is 5.32 Å². The number of fused-ring (bicyclic) bond motifs is 1.